The number of rotatable bonds is 7. The van der Waals surface area contributed by atoms with E-state index in [1.54, 1.807) is 36.4 Å². The fraction of sp³-hybridized carbons (Fsp3) is 0.360. The third-order valence-electron chi connectivity index (χ3n) is 6.25. The zero-order valence-electron chi connectivity index (χ0n) is 19.1. The predicted molar refractivity (Wildman–Crippen MR) is 124 cm³/mol. The zero-order valence-corrected chi connectivity index (χ0v) is 19.9. The van der Waals surface area contributed by atoms with Gasteiger partial charge in [-0.1, -0.05) is 35.6 Å². The number of amides is 1. The van der Waals surface area contributed by atoms with Gasteiger partial charge in [0.25, 0.3) is 5.91 Å². The van der Waals surface area contributed by atoms with E-state index in [2.05, 4.69) is 0 Å². The van der Waals surface area contributed by atoms with E-state index in [1.807, 2.05) is 0 Å². The smallest absolute Gasteiger partial charge is 0.295 e. The van der Waals surface area contributed by atoms with Crippen LogP contribution in [0.4, 0.5) is 0 Å². The second kappa shape index (κ2) is 10.5. The predicted octanol–water partition coefficient (Wildman–Crippen LogP) is 0.496. The first-order chi connectivity index (χ1) is 16.4. The van der Waals surface area contributed by atoms with Crippen molar-refractivity contribution >= 4 is 29.1 Å². The summed E-state index contributed by atoms with van der Waals surface area (Å²) < 4.78 is 16.0. The summed E-state index contributed by atoms with van der Waals surface area (Å²) in [5.41, 5.74) is 0.769. The van der Waals surface area contributed by atoms with Crippen molar-refractivity contribution in [1.82, 2.24) is 4.90 Å². The Balaban J connectivity index is 1.76. The van der Waals surface area contributed by atoms with Gasteiger partial charge >= 0.3 is 0 Å². The third kappa shape index (κ3) is 4.75. The van der Waals surface area contributed by atoms with E-state index in [-0.39, 0.29) is 11.1 Å². The van der Waals surface area contributed by atoms with Crippen LogP contribution in [0.3, 0.4) is 0 Å². The lowest BCUT2D eigenvalue weighted by Crippen LogP contribution is -3.14. The Kier molecular flexibility index (Phi) is 7.41. The quantitative estimate of drug-likeness (QED) is 0.348. The zero-order chi connectivity index (χ0) is 24.2. The number of nitrogens with zero attached hydrogens (tertiary/aromatic N) is 1. The van der Waals surface area contributed by atoms with Crippen LogP contribution >= 0.6 is 11.6 Å². The van der Waals surface area contributed by atoms with E-state index in [0.29, 0.717) is 48.4 Å². The van der Waals surface area contributed by atoms with Crippen LogP contribution in [-0.2, 0) is 14.3 Å². The van der Waals surface area contributed by atoms with Crippen molar-refractivity contribution in [3.63, 3.8) is 0 Å². The summed E-state index contributed by atoms with van der Waals surface area (Å²) in [4.78, 5) is 29.0. The minimum Gasteiger partial charge on any atom is -0.872 e. The molecule has 2 saturated heterocycles. The lowest BCUT2D eigenvalue weighted by atomic mass is 9.95. The van der Waals surface area contributed by atoms with Crippen LogP contribution < -0.4 is 19.5 Å². The number of halogens is 1. The maximum Gasteiger partial charge on any atom is 0.295 e. The highest BCUT2D eigenvalue weighted by atomic mass is 35.5. The van der Waals surface area contributed by atoms with Crippen molar-refractivity contribution in [2.45, 2.75) is 6.04 Å². The van der Waals surface area contributed by atoms with Crippen LogP contribution in [0.2, 0.25) is 5.02 Å². The molecular weight excluding hydrogens is 460 g/mol. The molecule has 4 rings (SSSR count). The second-order valence-electron chi connectivity index (χ2n) is 8.21. The number of quaternary nitrogens is 1. The summed E-state index contributed by atoms with van der Waals surface area (Å²) in [6.07, 6.45) is 0. The van der Waals surface area contributed by atoms with Crippen molar-refractivity contribution in [1.29, 1.82) is 0 Å². The van der Waals surface area contributed by atoms with Crippen LogP contribution in [0.1, 0.15) is 17.2 Å². The van der Waals surface area contributed by atoms with Gasteiger partial charge in [-0.2, -0.15) is 0 Å². The standard InChI is InChI=1S/C25H27ClN2O6/c1-32-19-7-6-17(15-20(19)33-2)23(29)21-22(16-4-3-5-18(26)14-16)28(25(31)24(21)30)9-8-27-10-12-34-13-11-27/h3-7,14-15,22,29H,8-13H2,1-2H3/b23-21+. The van der Waals surface area contributed by atoms with E-state index < -0.39 is 23.5 Å². The first kappa shape index (κ1) is 24.1. The average molecular weight is 487 g/mol. The van der Waals surface area contributed by atoms with Crippen molar-refractivity contribution in [2.75, 3.05) is 53.6 Å². The molecule has 2 aliphatic rings. The van der Waals surface area contributed by atoms with Crippen molar-refractivity contribution < 1.29 is 33.8 Å². The van der Waals surface area contributed by atoms with Crippen LogP contribution in [0.5, 0.6) is 11.5 Å². The summed E-state index contributed by atoms with van der Waals surface area (Å²) in [7, 11) is 2.96. The largest absolute Gasteiger partial charge is 0.872 e. The SMILES string of the molecule is COc1ccc(/C([O-])=C2\C(=O)C(=O)N(CC[NH+]3CCOCC3)C2c2cccc(Cl)c2)cc1OC. The topological polar surface area (TPSA) is 92.6 Å². The summed E-state index contributed by atoms with van der Waals surface area (Å²) in [6, 6.07) is 10.8. The number of methoxy groups -OCH3 is 2. The van der Waals surface area contributed by atoms with Gasteiger partial charge in [0.15, 0.2) is 11.5 Å². The summed E-state index contributed by atoms with van der Waals surface area (Å²) in [5.74, 6) is -1.18. The number of carbonyl (C=O) groups is 2. The first-order valence-electron chi connectivity index (χ1n) is 11.1. The highest BCUT2D eigenvalue weighted by Crippen LogP contribution is 2.40. The van der Waals surface area contributed by atoms with Gasteiger partial charge in [-0.05, 0) is 35.4 Å². The van der Waals surface area contributed by atoms with Crippen molar-refractivity contribution in [2.24, 2.45) is 0 Å². The fourth-order valence-corrected chi connectivity index (χ4v) is 4.64. The van der Waals surface area contributed by atoms with Gasteiger partial charge in [0.2, 0.25) is 5.78 Å². The number of ether oxygens (including phenoxy) is 3. The monoisotopic (exact) mass is 486 g/mol. The molecule has 2 aromatic carbocycles. The highest BCUT2D eigenvalue weighted by Gasteiger charge is 2.44. The Morgan fingerprint density at radius 1 is 1.12 bits per heavy atom. The molecule has 2 aromatic rings. The number of likely N-dealkylation sites (tertiary alicyclic amines) is 1. The number of ketones is 1. The lowest BCUT2D eigenvalue weighted by molar-refractivity contribution is -0.907. The number of carbonyl (C=O) groups excluding carboxylic acids is 2. The van der Waals surface area contributed by atoms with E-state index in [4.69, 9.17) is 25.8 Å². The fourth-order valence-electron chi connectivity index (χ4n) is 4.45. The molecular formula is C25H27ClN2O6. The maximum atomic E-state index is 13.6. The van der Waals surface area contributed by atoms with Gasteiger partial charge in [-0.25, -0.2) is 0 Å². The van der Waals surface area contributed by atoms with Crippen LogP contribution in [0.25, 0.3) is 5.76 Å². The number of benzene rings is 2. The average Bonchev–Trinajstić information content (AvgIpc) is 3.12. The minimum absolute atomic E-state index is 0.0866. The second-order valence-corrected chi connectivity index (χ2v) is 8.65. The lowest BCUT2D eigenvalue weighted by Gasteiger charge is -2.30. The number of hydrogen-bond donors (Lipinski definition) is 1. The normalized spacial score (nSPS) is 20.6. The Hall–Kier alpha value is -3.07. The first-order valence-corrected chi connectivity index (χ1v) is 11.5. The van der Waals surface area contributed by atoms with Crippen molar-refractivity contribution in [3.05, 3.63) is 64.2 Å². The van der Waals surface area contributed by atoms with Gasteiger partial charge in [-0.3, -0.25) is 9.59 Å². The Bertz CT molecular complexity index is 1110. The van der Waals surface area contributed by atoms with Crippen LogP contribution in [-0.4, -0.2) is 70.2 Å². The maximum absolute atomic E-state index is 13.6. The number of morpholine rings is 1. The Morgan fingerprint density at radius 3 is 2.53 bits per heavy atom. The molecule has 180 valence electrons. The number of hydrogen-bond acceptors (Lipinski definition) is 6. The molecule has 0 radical (unpaired) electrons. The molecule has 2 heterocycles. The minimum atomic E-state index is -0.820. The molecule has 0 bridgehead atoms. The van der Waals surface area contributed by atoms with E-state index in [1.165, 1.54) is 30.1 Å². The van der Waals surface area contributed by atoms with Gasteiger partial charge in [0.05, 0.1) is 46.6 Å². The van der Waals surface area contributed by atoms with Gasteiger partial charge in [0.1, 0.15) is 13.1 Å². The Morgan fingerprint density at radius 2 is 1.85 bits per heavy atom. The Labute approximate surface area is 203 Å². The molecule has 1 amide bonds. The van der Waals surface area contributed by atoms with Gasteiger partial charge in [0, 0.05) is 10.6 Å². The highest BCUT2D eigenvalue weighted by molar-refractivity contribution is 6.46. The van der Waals surface area contributed by atoms with Gasteiger partial charge in [-0.15, -0.1) is 0 Å². The molecule has 0 saturated carbocycles. The number of nitrogens with one attached hydrogen (secondary N) is 1. The molecule has 0 spiro atoms. The molecule has 1 unspecified atom stereocenters. The van der Waals surface area contributed by atoms with Gasteiger partial charge < -0.3 is 29.1 Å². The molecule has 1 atom stereocenters. The van der Waals surface area contributed by atoms with E-state index >= 15 is 0 Å². The molecule has 8 nitrogen and oxygen atoms in total. The molecule has 2 fully saturated rings. The molecule has 0 aliphatic carbocycles. The van der Waals surface area contributed by atoms with Crippen LogP contribution in [0, 0.1) is 0 Å². The van der Waals surface area contributed by atoms with E-state index in [9.17, 15) is 14.7 Å². The summed E-state index contributed by atoms with van der Waals surface area (Å²) in [5, 5.41) is 14.1. The summed E-state index contributed by atoms with van der Waals surface area (Å²) in [6.45, 7) is 3.97. The van der Waals surface area contributed by atoms with E-state index in [0.717, 1.165) is 13.1 Å². The molecule has 0 aromatic heterocycles. The van der Waals surface area contributed by atoms with Crippen molar-refractivity contribution in [3.8, 4) is 11.5 Å². The molecule has 9 heteroatoms. The molecule has 2 aliphatic heterocycles. The van der Waals surface area contributed by atoms with Crippen LogP contribution in [0.15, 0.2) is 48.0 Å². The number of Topliss-reactive ketones (excluding diaryl/α,β-unsaturated/α-hetero) is 1. The summed E-state index contributed by atoms with van der Waals surface area (Å²) >= 11 is 6.23. The third-order valence-corrected chi connectivity index (χ3v) is 6.48. The molecule has 34 heavy (non-hydrogen) atoms. The molecule has 1 N–H and O–H groups in total.